The Morgan fingerprint density at radius 3 is 2.51 bits per heavy atom. The number of carbonyl (C=O) groups excluding carboxylic acids is 3. The van der Waals surface area contributed by atoms with Crippen molar-refractivity contribution < 1.29 is 14.4 Å². The average molecular weight is 479 g/mol. The molecule has 1 N–H and O–H groups in total. The van der Waals surface area contributed by atoms with Crippen LogP contribution < -0.4 is 15.1 Å². The molecule has 2 fully saturated rings. The molecule has 0 spiro atoms. The SMILES string of the molecule is Cc1nn(C)c(C)c1CNC(=O)CN1C(=O)[C@H]2CCCCN2c2ccc(C(=O)N3CCCC3)cc21. The van der Waals surface area contributed by atoms with Crippen LogP contribution >= 0.6 is 0 Å². The van der Waals surface area contributed by atoms with Gasteiger partial charge in [-0.15, -0.1) is 0 Å². The Bertz CT molecular complexity index is 1170. The number of fused-ring (bicyclic) bond motifs is 3. The highest BCUT2D eigenvalue weighted by molar-refractivity contribution is 6.09. The number of nitrogens with one attached hydrogen (secondary N) is 1. The molecule has 9 heteroatoms. The van der Waals surface area contributed by atoms with Gasteiger partial charge in [0.1, 0.15) is 12.6 Å². The molecule has 3 aliphatic heterocycles. The molecule has 9 nitrogen and oxygen atoms in total. The third kappa shape index (κ3) is 4.28. The van der Waals surface area contributed by atoms with Crippen molar-refractivity contribution in [1.29, 1.82) is 0 Å². The molecule has 1 atom stereocenters. The predicted molar refractivity (Wildman–Crippen MR) is 133 cm³/mol. The van der Waals surface area contributed by atoms with Crippen LogP contribution in [0, 0.1) is 13.8 Å². The van der Waals surface area contributed by atoms with E-state index in [1.807, 2.05) is 37.9 Å². The summed E-state index contributed by atoms with van der Waals surface area (Å²) in [6.45, 7) is 6.53. The summed E-state index contributed by atoms with van der Waals surface area (Å²) in [5, 5.41) is 7.38. The number of aryl methyl sites for hydroxylation is 2. The Balaban J connectivity index is 1.41. The number of piperidine rings is 1. The fraction of sp³-hybridized carbons (Fsp3) is 0.538. The Kier molecular flexibility index (Phi) is 6.25. The third-order valence-electron chi connectivity index (χ3n) is 7.69. The number of aromatic nitrogens is 2. The summed E-state index contributed by atoms with van der Waals surface area (Å²) in [5.41, 5.74) is 5.03. The van der Waals surface area contributed by atoms with Crippen molar-refractivity contribution >= 4 is 29.1 Å². The molecule has 1 aromatic heterocycles. The second-order valence-electron chi connectivity index (χ2n) is 9.88. The fourth-order valence-electron chi connectivity index (χ4n) is 5.62. The molecule has 0 unspecified atom stereocenters. The fourth-order valence-corrected chi connectivity index (χ4v) is 5.62. The van der Waals surface area contributed by atoms with Crippen LogP contribution in [0.4, 0.5) is 11.4 Å². The van der Waals surface area contributed by atoms with Gasteiger partial charge in [0.05, 0.1) is 17.1 Å². The van der Waals surface area contributed by atoms with Crippen LogP contribution in [-0.2, 0) is 23.2 Å². The lowest BCUT2D eigenvalue weighted by molar-refractivity contribution is -0.125. The number of hydrogen-bond acceptors (Lipinski definition) is 5. The summed E-state index contributed by atoms with van der Waals surface area (Å²) < 4.78 is 1.80. The molecule has 3 aliphatic rings. The normalized spacial score (nSPS) is 19.6. The Hall–Kier alpha value is -3.36. The zero-order valence-electron chi connectivity index (χ0n) is 20.8. The quantitative estimate of drug-likeness (QED) is 0.712. The van der Waals surface area contributed by atoms with Gasteiger partial charge in [0, 0.05) is 50.0 Å². The van der Waals surface area contributed by atoms with Crippen LogP contribution in [0.3, 0.4) is 0 Å². The van der Waals surface area contributed by atoms with Crippen LogP contribution in [0.5, 0.6) is 0 Å². The molecule has 5 rings (SSSR count). The Morgan fingerprint density at radius 1 is 1.06 bits per heavy atom. The third-order valence-corrected chi connectivity index (χ3v) is 7.69. The van der Waals surface area contributed by atoms with Crippen molar-refractivity contribution in [3.63, 3.8) is 0 Å². The van der Waals surface area contributed by atoms with E-state index in [0.717, 1.165) is 74.4 Å². The molecule has 3 amide bonds. The van der Waals surface area contributed by atoms with Gasteiger partial charge in [-0.05, 0) is 64.2 Å². The van der Waals surface area contributed by atoms with E-state index >= 15 is 0 Å². The summed E-state index contributed by atoms with van der Waals surface area (Å²) in [7, 11) is 1.88. The van der Waals surface area contributed by atoms with Crippen LogP contribution in [0.25, 0.3) is 0 Å². The van der Waals surface area contributed by atoms with Crippen molar-refractivity contribution in [3.8, 4) is 0 Å². The van der Waals surface area contributed by atoms with Gasteiger partial charge in [0.15, 0.2) is 0 Å². The highest BCUT2D eigenvalue weighted by Gasteiger charge is 2.40. The number of nitrogens with zero attached hydrogens (tertiary/aromatic N) is 5. The molecule has 0 bridgehead atoms. The highest BCUT2D eigenvalue weighted by Crippen LogP contribution is 2.40. The molecule has 2 saturated heterocycles. The van der Waals surface area contributed by atoms with E-state index in [1.165, 1.54) is 0 Å². The van der Waals surface area contributed by atoms with Crippen LogP contribution in [0.1, 0.15) is 59.4 Å². The van der Waals surface area contributed by atoms with Gasteiger partial charge in [-0.1, -0.05) is 0 Å². The van der Waals surface area contributed by atoms with Crippen LogP contribution in [-0.4, -0.2) is 64.6 Å². The Morgan fingerprint density at radius 2 is 1.80 bits per heavy atom. The molecular weight excluding hydrogens is 444 g/mol. The number of amides is 3. The minimum absolute atomic E-state index is 0.00885. The summed E-state index contributed by atoms with van der Waals surface area (Å²) in [6.07, 6.45) is 4.84. The van der Waals surface area contributed by atoms with Crippen LogP contribution in [0.2, 0.25) is 0 Å². The number of carbonyl (C=O) groups is 3. The number of likely N-dealkylation sites (tertiary alicyclic amines) is 1. The first-order valence-corrected chi connectivity index (χ1v) is 12.6. The van der Waals surface area contributed by atoms with Gasteiger partial charge in [0.25, 0.3) is 5.91 Å². The molecule has 2 aromatic rings. The number of anilines is 2. The van der Waals surface area contributed by atoms with Gasteiger partial charge in [-0.25, -0.2) is 0 Å². The summed E-state index contributed by atoms with van der Waals surface area (Å²) in [4.78, 5) is 45.3. The van der Waals surface area contributed by atoms with Gasteiger partial charge in [0.2, 0.25) is 11.8 Å². The van der Waals surface area contributed by atoms with E-state index in [4.69, 9.17) is 0 Å². The monoisotopic (exact) mass is 478 g/mol. The largest absolute Gasteiger partial charge is 0.358 e. The van der Waals surface area contributed by atoms with Gasteiger partial charge < -0.3 is 15.1 Å². The lowest BCUT2D eigenvalue weighted by atomic mass is 9.95. The topological polar surface area (TPSA) is 90.8 Å². The maximum absolute atomic E-state index is 13.6. The van der Waals surface area contributed by atoms with Crippen molar-refractivity contribution in [2.45, 2.75) is 58.5 Å². The van der Waals surface area contributed by atoms with Crippen molar-refractivity contribution in [2.75, 3.05) is 36.0 Å². The summed E-state index contributed by atoms with van der Waals surface area (Å²) in [6, 6.07) is 5.37. The lowest BCUT2D eigenvalue weighted by Gasteiger charge is -2.45. The number of benzene rings is 1. The van der Waals surface area contributed by atoms with E-state index in [9.17, 15) is 14.4 Å². The first-order valence-electron chi connectivity index (χ1n) is 12.6. The maximum atomic E-state index is 13.6. The summed E-state index contributed by atoms with van der Waals surface area (Å²) >= 11 is 0. The summed E-state index contributed by atoms with van der Waals surface area (Å²) in [5.74, 6) is -0.301. The molecular formula is C26H34N6O3. The number of rotatable bonds is 5. The minimum atomic E-state index is -0.257. The van der Waals surface area contributed by atoms with Crippen molar-refractivity contribution in [3.05, 3.63) is 40.7 Å². The highest BCUT2D eigenvalue weighted by atomic mass is 16.2. The van der Waals surface area contributed by atoms with Crippen LogP contribution in [0.15, 0.2) is 18.2 Å². The minimum Gasteiger partial charge on any atom is -0.358 e. The smallest absolute Gasteiger partial charge is 0.253 e. The molecule has 0 aliphatic carbocycles. The zero-order chi connectivity index (χ0) is 24.7. The maximum Gasteiger partial charge on any atom is 0.253 e. The zero-order valence-corrected chi connectivity index (χ0v) is 20.8. The van der Waals surface area contributed by atoms with Crippen molar-refractivity contribution in [2.24, 2.45) is 7.05 Å². The lowest BCUT2D eigenvalue weighted by Crippen LogP contribution is -2.57. The first kappa shape index (κ1) is 23.4. The van der Waals surface area contributed by atoms with Crippen molar-refractivity contribution in [1.82, 2.24) is 20.0 Å². The molecule has 1 aromatic carbocycles. The Labute approximate surface area is 206 Å². The second-order valence-corrected chi connectivity index (χ2v) is 9.88. The molecule has 186 valence electrons. The van der Waals surface area contributed by atoms with E-state index in [1.54, 1.807) is 15.6 Å². The van der Waals surface area contributed by atoms with Gasteiger partial charge in [-0.2, -0.15) is 5.10 Å². The standard InChI is InChI=1S/C26H34N6O3/c1-17-20(18(2)29(3)28-17)15-27-24(33)16-32-23-14-19(25(34)30-11-6-7-12-30)9-10-21(23)31-13-5-4-8-22(31)26(32)35/h9-10,14,22H,4-8,11-13,15-16H2,1-3H3,(H,27,33)/t22-/m1/s1. The first-order chi connectivity index (χ1) is 16.8. The van der Waals surface area contributed by atoms with E-state index in [-0.39, 0.29) is 30.3 Å². The van der Waals surface area contributed by atoms with Gasteiger partial charge in [-0.3, -0.25) is 24.0 Å². The van der Waals surface area contributed by atoms with Gasteiger partial charge >= 0.3 is 0 Å². The average Bonchev–Trinajstić information content (AvgIpc) is 3.48. The molecule has 0 saturated carbocycles. The molecule has 4 heterocycles. The van der Waals surface area contributed by atoms with E-state index in [0.29, 0.717) is 17.8 Å². The molecule has 0 radical (unpaired) electrons. The predicted octanol–water partition coefficient (Wildman–Crippen LogP) is 2.29. The number of hydrogen-bond donors (Lipinski definition) is 1. The van der Waals surface area contributed by atoms with E-state index in [2.05, 4.69) is 15.3 Å². The second kappa shape index (κ2) is 9.36. The molecule has 35 heavy (non-hydrogen) atoms. The van der Waals surface area contributed by atoms with E-state index < -0.39 is 0 Å².